The molecule has 1 aromatic carbocycles. The number of carbonyl (C=O) groups is 2. The maximum absolute atomic E-state index is 12.7. The summed E-state index contributed by atoms with van der Waals surface area (Å²) >= 11 is 12.1. The first-order chi connectivity index (χ1) is 11.9. The van der Waals surface area contributed by atoms with Crippen LogP contribution >= 0.6 is 23.2 Å². The second kappa shape index (κ2) is 9.41. The van der Waals surface area contributed by atoms with Crippen molar-refractivity contribution in [3.63, 3.8) is 0 Å². The molecule has 0 aromatic heterocycles. The van der Waals surface area contributed by atoms with Crippen LogP contribution in [-0.2, 0) is 4.79 Å². The van der Waals surface area contributed by atoms with Crippen molar-refractivity contribution in [2.75, 3.05) is 6.54 Å². The average Bonchev–Trinajstić information content (AvgIpc) is 3.06. The second-order valence-corrected chi connectivity index (χ2v) is 7.48. The van der Waals surface area contributed by atoms with E-state index < -0.39 is 18.1 Å². The van der Waals surface area contributed by atoms with Crippen LogP contribution in [0.3, 0.4) is 0 Å². The minimum absolute atomic E-state index is 0.0825. The van der Waals surface area contributed by atoms with Crippen LogP contribution < -0.4 is 10.6 Å². The van der Waals surface area contributed by atoms with Crippen LogP contribution in [0.5, 0.6) is 0 Å². The third kappa shape index (κ3) is 6.17. The first kappa shape index (κ1) is 20.0. The lowest BCUT2D eigenvalue weighted by Crippen LogP contribution is -2.44. The van der Waals surface area contributed by atoms with Gasteiger partial charge in [0.2, 0.25) is 5.91 Å². The number of benzene rings is 1. The summed E-state index contributed by atoms with van der Waals surface area (Å²) in [5.74, 6) is -0.366. The molecule has 2 unspecified atom stereocenters. The van der Waals surface area contributed by atoms with Crippen LogP contribution in [0.25, 0.3) is 0 Å². The van der Waals surface area contributed by atoms with Crippen LogP contribution in [0.4, 0.5) is 4.79 Å². The number of aliphatic hydroxyl groups excluding tert-OH is 1. The van der Waals surface area contributed by atoms with Crippen LogP contribution in [0.2, 0.25) is 10.0 Å². The van der Waals surface area contributed by atoms with Gasteiger partial charge in [-0.1, -0.05) is 55.0 Å². The van der Waals surface area contributed by atoms with Gasteiger partial charge in [0.1, 0.15) is 0 Å². The summed E-state index contributed by atoms with van der Waals surface area (Å²) in [6.07, 6.45) is 4.54. The van der Waals surface area contributed by atoms with E-state index in [1.54, 1.807) is 25.1 Å². The van der Waals surface area contributed by atoms with E-state index in [2.05, 4.69) is 10.6 Å². The smallest absolute Gasteiger partial charge is 0.321 e. The van der Waals surface area contributed by atoms with Gasteiger partial charge in [-0.2, -0.15) is 0 Å². The van der Waals surface area contributed by atoms with Gasteiger partial charge in [-0.25, -0.2) is 4.79 Å². The largest absolute Gasteiger partial charge is 0.392 e. The number of rotatable bonds is 6. The Morgan fingerprint density at radius 3 is 2.52 bits per heavy atom. The summed E-state index contributed by atoms with van der Waals surface area (Å²) in [6.45, 7) is 1.64. The molecule has 0 bridgehead atoms. The molecule has 0 aliphatic heterocycles. The Hall–Kier alpha value is -1.30. The van der Waals surface area contributed by atoms with Gasteiger partial charge >= 0.3 is 6.03 Å². The van der Waals surface area contributed by atoms with Gasteiger partial charge in [-0.3, -0.25) is 10.1 Å². The third-order valence-electron chi connectivity index (χ3n) is 4.50. The van der Waals surface area contributed by atoms with Gasteiger partial charge in [-0.15, -0.1) is 0 Å². The number of imide groups is 1. The number of nitrogens with one attached hydrogen (secondary N) is 2. The molecule has 5 nitrogen and oxygen atoms in total. The summed E-state index contributed by atoms with van der Waals surface area (Å²) in [5, 5.41) is 14.9. The van der Waals surface area contributed by atoms with E-state index in [0.717, 1.165) is 18.4 Å². The van der Waals surface area contributed by atoms with Crippen molar-refractivity contribution in [2.45, 2.75) is 51.0 Å². The van der Waals surface area contributed by atoms with Crippen molar-refractivity contribution in [1.29, 1.82) is 0 Å². The highest BCUT2D eigenvalue weighted by Gasteiger charge is 2.28. The van der Waals surface area contributed by atoms with E-state index in [1.165, 1.54) is 12.8 Å². The third-order valence-corrected chi connectivity index (χ3v) is 5.24. The fourth-order valence-electron chi connectivity index (χ4n) is 3.19. The van der Waals surface area contributed by atoms with E-state index >= 15 is 0 Å². The summed E-state index contributed by atoms with van der Waals surface area (Å²) in [7, 11) is 0. The Morgan fingerprint density at radius 2 is 1.92 bits per heavy atom. The second-order valence-electron chi connectivity index (χ2n) is 6.66. The molecule has 1 fully saturated rings. The molecule has 138 valence electrons. The number of carbonyl (C=O) groups excluding carboxylic acids is 2. The normalized spacial score (nSPS) is 17.1. The Kier molecular flexibility index (Phi) is 7.54. The molecule has 3 N–H and O–H groups in total. The molecule has 7 heteroatoms. The van der Waals surface area contributed by atoms with Crippen LogP contribution in [0, 0.1) is 5.92 Å². The number of hydrogen-bond acceptors (Lipinski definition) is 3. The Labute approximate surface area is 158 Å². The molecule has 3 amide bonds. The summed E-state index contributed by atoms with van der Waals surface area (Å²) in [4.78, 5) is 24.5. The number of aliphatic hydroxyl groups is 1. The lowest BCUT2D eigenvalue weighted by Gasteiger charge is -2.21. The van der Waals surface area contributed by atoms with Crippen molar-refractivity contribution < 1.29 is 14.7 Å². The molecule has 0 heterocycles. The molecule has 0 spiro atoms. The minimum atomic E-state index is -0.676. The fourth-order valence-corrected chi connectivity index (χ4v) is 3.49. The Morgan fingerprint density at radius 1 is 1.24 bits per heavy atom. The fraction of sp³-hybridized carbons (Fsp3) is 0.556. The van der Waals surface area contributed by atoms with Crippen molar-refractivity contribution in [3.05, 3.63) is 33.8 Å². The lowest BCUT2D eigenvalue weighted by molar-refractivity contribution is -0.121. The van der Waals surface area contributed by atoms with E-state index in [-0.39, 0.29) is 12.5 Å². The Bertz CT molecular complexity index is 616. The Balaban J connectivity index is 2.10. The molecule has 25 heavy (non-hydrogen) atoms. The van der Waals surface area contributed by atoms with Crippen LogP contribution in [-0.4, -0.2) is 29.7 Å². The highest BCUT2D eigenvalue weighted by molar-refractivity contribution is 6.42. The molecule has 1 aromatic rings. The molecule has 1 saturated carbocycles. The van der Waals surface area contributed by atoms with Crippen molar-refractivity contribution >= 4 is 35.1 Å². The monoisotopic (exact) mass is 386 g/mol. The van der Waals surface area contributed by atoms with E-state index in [4.69, 9.17) is 23.2 Å². The zero-order valence-electron chi connectivity index (χ0n) is 14.2. The van der Waals surface area contributed by atoms with Crippen molar-refractivity contribution in [1.82, 2.24) is 10.6 Å². The van der Waals surface area contributed by atoms with Crippen molar-refractivity contribution in [3.8, 4) is 0 Å². The number of halogens is 2. The van der Waals surface area contributed by atoms with Gasteiger partial charge in [-0.05, 0) is 37.0 Å². The van der Waals surface area contributed by atoms with Gasteiger partial charge in [0.15, 0.2) is 0 Å². The molecule has 0 radical (unpaired) electrons. The SMILES string of the molecule is CC(O)CNC(=O)NC(=O)C(CC1CCCC1)c1ccc(Cl)c(Cl)c1. The summed E-state index contributed by atoms with van der Waals surface area (Å²) < 4.78 is 0. The standard InChI is InChI=1S/C18H24Cl2N2O3/c1-11(23)10-21-18(25)22-17(24)14(8-12-4-2-3-5-12)13-6-7-15(19)16(20)9-13/h6-7,9,11-12,14,23H,2-5,8,10H2,1H3,(H2,21,22,24,25). The highest BCUT2D eigenvalue weighted by Crippen LogP contribution is 2.36. The molecule has 0 saturated heterocycles. The maximum atomic E-state index is 12.7. The van der Waals surface area contributed by atoms with Gasteiger partial charge in [0, 0.05) is 6.54 Å². The molecular formula is C18H24Cl2N2O3. The number of amides is 3. The van der Waals surface area contributed by atoms with E-state index in [9.17, 15) is 14.7 Å². The topological polar surface area (TPSA) is 78.4 Å². The van der Waals surface area contributed by atoms with Gasteiger partial charge < -0.3 is 10.4 Å². The minimum Gasteiger partial charge on any atom is -0.392 e. The quantitative estimate of drug-likeness (QED) is 0.694. The van der Waals surface area contributed by atoms with Crippen LogP contribution in [0.1, 0.15) is 50.5 Å². The predicted molar refractivity (Wildman–Crippen MR) is 99.0 cm³/mol. The number of hydrogen-bond donors (Lipinski definition) is 3. The van der Waals surface area contributed by atoms with Gasteiger partial charge in [0.05, 0.1) is 22.1 Å². The molecule has 2 rings (SSSR count). The van der Waals surface area contributed by atoms with E-state index in [0.29, 0.717) is 22.4 Å². The molecule has 2 atom stereocenters. The lowest BCUT2D eigenvalue weighted by atomic mass is 9.87. The molecule has 1 aliphatic rings. The molecule has 1 aliphatic carbocycles. The first-order valence-corrected chi connectivity index (χ1v) is 9.34. The zero-order valence-corrected chi connectivity index (χ0v) is 15.7. The average molecular weight is 387 g/mol. The van der Waals surface area contributed by atoms with Crippen LogP contribution in [0.15, 0.2) is 18.2 Å². The summed E-state index contributed by atoms with van der Waals surface area (Å²) in [6, 6.07) is 4.53. The van der Waals surface area contributed by atoms with Gasteiger partial charge in [0.25, 0.3) is 0 Å². The van der Waals surface area contributed by atoms with Crippen molar-refractivity contribution in [2.24, 2.45) is 5.92 Å². The maximum Gasteiger partial charge on any atom is 0.321 e. The predicted octanol–water partition coefficient (Wildman–Crippen LogP) is 3.86. The van der Waals surface area contributed by atoms with E-state index in [1.807, 2.05) is 0 Å². The summed E-state index contributed by atoms with van der Waals surface area (Å²) in [5.41, 5.74) is 0.752. The first-order valence-electron chi connectivity index (χ1n) is 8.58. The molecular weight excluding hydrogens is 363 g/mol. The number of urea groups is 1. The zero-order chi connectivity index (χ0) is 18.4. The highest BCUT2D eigenvalue weighted by atomic mass is 35.5.